The van der Waals surface area contributed by atoms with E-state index in [0.717, 1.165) is 50.7 Å². The Hall–Kier alpha value is -0.840. The largest absolute Gasteiger partial charge is 0.416 e. The van der Waals surface area contributed by atoms with Crippen molar-refractivity contribution in [1.29, 1.82) is 0 Å². The predicted molar refractivity (Wildman–Crippen MR) is 74.7 cm³/mol. The van der Waals surface area contributed by atoms with E-state index < -0.39 is 11.7 Å². The van der Waals surface area contributed by atoms with Gasteiger partial charge in [0.1, 0.15) is 0 Å². The van der Waals surface area contributed by atoms with Crippen molar-refractivity contribution >= 4 is 21.7 Å². The van der Waals surface area contributed by atoms with Gasteiger partial charge < -0.3 is 0 Å². The number of carbonyl (C=O) groups is 1. The zero-order valence-corrected chi connectivity index (χ0v) is 12.6. The van der Waals surface area contributed by atoms with E-state index in [2.05, 4.69) is 15.9 Å². The van der Waals surface area contributed by atoms with Gasteiger partial charge in [-0.15, -0.1) is 0 Å². The van der Waals surface area contributed by atoms with E-state index in [1.54, 1.807) is 0 Å². The van der Waals surface area contributed by atoms with Gasteiger partial charge in [0.25, 0.3) is 0 Å². The molecule has 1 aliphatic rings. The average molecular weight is 349 g/mol. The summed E-state index contributed by atoms with van der Waals surface area (Å²) in [5.74, 6) is -0.304. The van der Waals surface area contributed by atoms with E-state index in [1.165, 1.54) is 6.07 Å². The highest BCUT2D eigenvalue weighted by Crippen LogP contribution is 2.34. The molecule has 2 rings (SSSR count). The summed E-state index contributed by atoms with van der Waals surface area (Å²) < 4.78 is 38.7. The van der Waals surface area contributed by atoms with Crippen LogP contribution in [-0.4, -0.2) is 5.78 Å². The lowest BCUT2D eigenvalue weighted by molar-refractivity contribution is -0.137. The summed E-state index contributed by atoms with van der Waals surface area (Å²) in [7, 11) is 0. The number of Topliss-reactive ketones (excluding diaryl/α,β-unsaturated/α-hetero) is 1. The van der Waals surface area contributed by atoms with Crippen LogP contribution in [0.3, 0.4) is 0 Å². The fraction of sp³-hybridized carbons (Fsp3) is 0.533. The van der Waals surface area contributed by atoms with Crippen molar-refractivity contribution in [1.82, 2.24) is 0 Å². The van der Waals surface area contributed by atoms with E-state index in [-0.39, 0.29) is 17.3 Å². The van der Waals surface area contributed by atoms with Crippen LogP contribution in [-0.2, 0) is 6.18 Å². The predicted octanol–water partition coefficient (Wildman–Crippen LogP) is 5.62. The second-order valence-electron chi connectivity index (χ2n) is 5.25. The number of benzene rings is 1. The molecule has 0 heterocycles. The molecule has 0 aliphatic heterocycles. The Kier molecular flexibility index (Phi) is 4.89. The van der Waals surface area contributed by atoms with Crippen molar-refractivity contribution in [2.75, 3.05) is 0 Å². The van der Waals surface area contributed by atoms with Crippen molar-refractivity contribution in [2.45, 2.75) is 44.7 Å². The van der Waals surface area contributed by atoms with E-state index >= 15 is 0 Å². The molecule has 1 aliphatic carbocycles. The van der Waals surface area contributed by atoms with Crippen LogP contribution in [0.4, 0.5) is 13.2 Å². The van der Waals surface area contributed by atoms with E-state index in [4.69, 9.17) is 0 Å². The fourth-order valence-electron chi connectivity index (χ4n) is 2.65. The summed E-state index contributed by atoms with van der Waals surface area (Å²) in [6.45, 7) is 0. The highest BCUT2D eigenvalue weighted by atomic mass is 79.9. The minimum absolute atomic E-state index is 0.141. The van der Waals surface area contributed by atoms with Crippen LogP contribution >= 0.6 is 15.9 Å². The Labute approximate surface area is 124 Å². The summed E-state index contributed by atoms with van der Waals surface area (Å²) >= 11 is 3.20. The molecule has 0 radical (unpaired) electrons. The molecule has 5 heteroatoms. The number of carbonyl (C=O) groups excluding carboxylic acids is 1. The van der Waals surface area contributed by atoms with Crippen LogP contribution < -0.4 is 0 Å². The topological polar surface area (TPSA) is 17.1 Å². The van der Waals surface area contributed by atoms with Gasteiger partial charge >= 0.3 is 6.18 Å². The SMILES string of the molecule is O=C(c1cc(C(F)(F)F)ccc1Br)C1CCCCCC1. The van der Waals surface area contributed by atoms with Gasteiger partial charge in [0.05, 0.1) is 5.56 Å². The maximum atomic E-state index is 12.7. The maximum absolute atomic E-state index is 12.7. The number of ketones is 1. The lowest BCUT2D eigenvalue weighted by Crippen LogP contribution is -2.16. The highest BCUT2D eigenvalue weighted by molar-refractivity contribution is 9.10. The van der Waals surface area contributed by atoms with Gasteiger partial charge in [-0.3, -0.25) is 4.79 Å². The molecule has 0 unspecified atom stereocenters. The first kappa shape index (κ1) is 15.5. The monoisotopic (exact) mass is 348 g/mol. The van der Waals surface area contributed by atoms with Crippen molar-refractivity contribution in [2.24, 2.45) is 5.92 Å². The zero-order chi connectivity index (χ0) is 14.8. The van der Waals surface area contributed by atoms with Crippen LogP contribution in [0, 0.1) is 5.92 Å². The Bertz CT molecular complexity index is 488. The van der Waals surface area contributed by atoms with Gasteiger partial charge in [0.15, 0.2) is 5.78 Å². The standard InChI is InChI=1S/C15H16BrF3O/c16-13-8-7-11(15(17,18)19)9-12(13)14(20)10-5-3-1-2-4-6-10/h7-10H,1-6H2. The summed E-state index contributed by atoms with van der Waals surface area (Å²) in [5, 5.41) is 0. The third kappa shape index (κ3) is 3.62. The van der Waals surface area contributed by atoms with Gasteiger partial charge in [-0.05, 0) is 31.0 Å². The van der Waals surface area contributed by atoms with E-state index in [1.807, 2.05) is 0 Å². The van der Waals surface area contributed by atoms with Gasteiger partial charge in [-0.25, -0.2) is 0 Å². The van der Waals surface area contributed by atoms with E-state index in [9.17, 15) is 18.0 Å². The molecule has 0 saturated heterocycles. The minimum Gasteiger partial charge on any atom is -0.294 e. The lowest BCUT2D eigenvalue weighted by atomic mass is 9.90. The molecular formula is C15H16BrF3O. The number of hydrogen-bond donors (Lipinski definition) is 0. The third-order valence-electron chi connectivity index (χ3n) is 3.79. The second kappa shape index (κ2) is 6.29. The normalized spacial score (nSPS) is 17.8. The molecular weight excluding hydrogens is 333 g/mol. The van der Waals surface area contributed by atoms with Crippen LogP contribution in [0.2, 0.25) is 0 Å². The molecule has 1 aromatic rings. The smallest absolute Gasteiger partial charge is 0.294 e. The molecule has 110 valence electrons. The van der Waals surface area contributed by atoms with Crippen molar-refractivity contribution < 1.29 is 18.0 Å². The highest BCUT2D eigenvalue weighted by Gasteiger charge is 2.32. The van der Waals surface area contributed by atoms with Gasteiger partial charge in [-0.2, -0.15) is 13.2 Å². The Morgan fingerprint density at radius 2 is 1.70 bits per heavy atom. The summed E-state index contributed by atoms with van der Waals surface area (Å²) in [4.78, 5) is 12.5. The van der Waals surface area contributed by atoms with Crippen LogP contribution in [0.1, 0.15) is 54.4 Å². The zero-order valence-electron chi connectivity index (χ0n) is 11.0. The molecule has 1 saturated carbocycles. The van der Waals surface area contributed by atoms with Gasteiger partial charge in [-0.1, -0.05) is 41.6 Å². The first-order valence-electron chi connectivity index (χ1n) is 6.80. The molecule has 1 aromatic carbocycles. The number of halogens is 4. The number of alkyl halides is 3. The number of hydrogen-bond acceptors (Lipinski definition) is 1. The fourth-order valence-corrected chi connectivity index (χ4v) is 3.09. The lowest BCUT2D eigenvalue weighted by Gasteiger charge is -2.15. The summed E-state index contributed by atoms with van der Waals surface area (Å²) in [6.07, 6.45) is 1.31. The Morgan fingerprint density at radius 3 is 2.25 bits per heavy atom. The first-order valence-corrected chi connectivity index (χ1v) is 7.60. The van der Waals surface area contributed by atoms with Crippen LogP contribution in [0.5, 0.6) is 0 Å². The molecule has 0 amide bonds. The molecule has 0 N–H and O–H groups in total. The van der Waals surface area contributed by atoms with Crippen molar-refractivity contribution in [3.63, 3.8) is 0 Å². The molecule has 0 aromatic heterocycles. The molecule has 1 fully saturated rings. The van der Waals surface area contributed by atoms with Gasteiger partial charge in [0, 0.05) is 16.0 Å². The number of rotatable bonds is 2. The Balaban J connectivity index is 2.28. The summed E-state index contributed by atoms with van der Waals surface area (Å²) in [5.41, 5.74) is -0.607. The molecule has 0 atom stereocenters. The first-order chi connectivity index (χ1) is 9.39. The average Bonchev–Trinajstić information content (AvgIpc) is 2.66. The van der Waals surface area contributed by atoms with Crippen LogP contribution in [0.25, 0.3) is 0 Å². The minimum atomic E-state index is -4.42. The van der Waals surface area contributed by atoms with Crippen LogP contribution in [0.15, 0.2) is 22.7 Å². The van der Waals surface area contributed by atoms with Gasteiger partial charge in [0.2, 0.25) is 0 Å². The second-order valence-corrected chi connectivity index (χ2v) is 6.10. The van der Waals surface area contributed by atoms with Crippen molar-refractivity contribution in [3.05, 3.63) is 33.8 Å². The Morgan fingerprint density at radius 1 is 1.10 bits per heavy atom. The molecule has 0 spiro atoms. The summed E-state index contributed by atoms with van der Waals surface area (Å²) in [6, 6.07) is 3.28. The molecule has 1 nitrogen and oxygen atoms in total. The van der Waals surface area contributed by atoms with Crippen molar-refractivity contribution in [3.8, 4) is 0 Å². The molecule has 20 heavy (non-hydrogen) atoms. The quantitative estimate of drug-likeness (QED) is 0.500. The van der Waals surface area contributed by atoms with E-state index in [0.29, 0.717) is 4.47 Å². The molecule has 0 bridgehead atoms. The third-order valence-corrected chi connectivity index (χ3v) is 4.48. The maximum Gasteiger partial charge on any atom is 0.416 e.